The van der Waals surface area contributed by atoms with Gasteiger partial charge in [0.15, 0.2) is 11.5 Å². The van der Waals surface area contributed by atoms with E-state index in [4.69, 9.17) is 0 Å². The molecule has 0 unspecified atom stereocenters. The van der Waals surface area contributed by atoms with Crippen LogP contribution in [0.25, 0.3) is 11.4 Å². The summed E-state index contributed by atoms with van der Waals surface area (Å²) < 4.78 is 5.01. The molecule has 1 saturated heterocycles. The minimum Gasteiger partial charge on any atom is -0.371 e. The molecule has 3 N–H and O–H groups in total. The van der Waals surface area contributed by atoms with E-state index < -0.39 is 0 Å². The van der Waals surface area contributed by atoms with Crippen molar-refractivity contribution in [2.45, 2.75) is 5.25 Å². The Morgan fingerprint density at radius 2 is 2.25 bits per heavy atom. The van der Waals surface area contributed by atoms with Crippen molar-refractivity contribution in [1.82, 2.24) is 25.3 Å². The minimum atomic E-state index is 0.644. The van der Waals surface area contributed by atoms with E-state index in [1.54, 1.807) is 16.6 Å². The molecule has 1 aliphatic heterocycles. The van der Waals surface area contributed by atoms with Gasteiger partial charge < -0.3 is 15.4 Å². The first-order valence-corrected chi connectivity index (χ1v) is 7.32. The van der Waals surface area contributed by atoms with Crippen LogP contribution in [0.4, 0.5) is 11.5 Å². The van der Waals surface area contributed by atoms with Crippen LogP contribution in [0.15, 0.2) is 18.3 Å². The smallest absolute Gasteiger partial charge is 0.155 e. The molecule has 0 aromatic carbocycles. The van der Waals surface area contributed by atoms with Gasteiger partial charge in [-0.2, -0.15) is 0 Å². The predicted octanol–water partition coefficient (Wildman–Crippen LogP) is 0.951. The van der Waals surface area contributed by atoms with Gasteiger partial charge in [0, 0.05) is 32.4 Å². The van der Waals surface area contributed by atoms with E-state index in [0.717, 1.165) is 36.0 Å². The van der Waals surface area contributed by atoms with Crippen LogP contribution >= 0.6 is 11.9 Å². The normalized spacial score (nSPS) is 14.9. The number of rotatable bonds is 5. The average Bonchev–Trinajstić information content (AvgIpc) is 2.79. The second-order valence-corrected chi connectivity index (χ2v) is 5.70. The SMILES string of the molecule is CNc1c(-c2ccc(NSC3CNC3)cn2)nnn1C. The number of hydrogen-bond donors (Lipinski definition) is 3. The number of pyridine rings is 1. The molecule has 0 aliphatic carbocycles. The van der Waals surface area contributed by atoms with Crippen LogP contribution < -0.4 is 15.4 Å². The molecule has 8 heteroatoms. The number of nitrogens with one attached hydrogen (secondary N) is 3. The van der Waals surface area contributed by atoms with Crippen molar-refractivity contribution >= 4 is 23.5 Å². The lowest BCUT2D eigenvalue weighted by atomic mass is 10.2. The molecular formula is C12H17N7S. The van der Waals surface area contributed by atoms with Crippen LogP contribution in [0.2, 0.25) is 0 Å². The van der Waals surface area contributed by atoms with Crippen molar-refractivity contribution in [1.29, 1.82) is 0 Å². The Morgan fingerprint density at radius 3 is 2.85 bits per heavy atom. The van der Waals surface area contributed by atoms with Gasteiger partial charge in [0.2, 0.25) is 0 Å². The topological polar surface area (TPSA) is 79.7 Å². The van der Waals surface area contributed by atoms with Gasteiger partial charge >= 0.3 is 0 Å². The summed E-state index contributed by atoms with van der Waals surface area (Å²) in [6, 6.07) is 3.96. The second-order valence-electron chi connectivity index (χ2n) is 4.59. The molecule has 3 heterocycles. The van der Waals surface area contributed by atoms with Crippen LogP contribution in [-0.4, -0.2) is 45.4 Å². The maximum Gasteiger partial charge on any atom is 0.155 e. The molecule has 0 radical (unpaired) electrons. The summed E-state index contributed by atoms with van der Waals surface area (Å²) in [6.45, 7) is 2.13. The van der Waals surface area contributed by atoms with Gasteiger partial charge in [-0.3, -0.25) is 4.98 Å². The van der Waals surface area contributed by atoms with Crippen molar-refractivity contribution in [3.05, 3.63) is 18.3 Å². The second kappa shape index (κ2) is 5.68. The molecule has 0 saturated carbocycles. The lowest BCUT2D eigenvalue weighted by molar-refractivity contribution is 0.544. The highest BCUT2D eigenvalue weighted by Crippen LogP contribution is 2.25. The van der Waals surface area contributed by atoms with Crippen LogP contribution in [0.1, 0.15) is 0 Å². The average molecular weight is 291 g/mol. The zero-order chi connectivity index (χ0) is 13.9. The monoisotopic (exact) mass is 291 g/mol. The van der Waals surface area contributed by atoms with E-state index in [1.807, 2.05) is 32.4 Å². The number of hydrogen-bond acceptors (Lipinski definition) is 7. The van der Waals surface area contributed by atoms with Crippen molar-refractivity contribution < 1.29 is 0 Å². The fourth-order valence-corrected chi connectivity index (χ4v) is 2.73. The van der Waals surface area contributed by atoms with Gasteiger partial charge in [0.25, 0.3) is 0 Å². The molecule has 7 nitrogen and oxygen atoms in total. The Bertz CT molecular complexity index is 576. The first kappa shape index (κ1) is 13.2. The van der Waals surface area contributed by atoms with Crippen LogP contribution in [-0.2, 0) is 7.05 Å². The molecule has 0 atom stereocenters. The van der Waals surface area contributed by atoms with Crippen LogP contribution in [0.5, 0.6) is 0 Å². The summed E-state index contributed by atoms with van der Waals surface area (Å²) in [6.07, 6.45) is 1.82. The molecule has 0 spiro atoms. The lowest BCUT2D eigenvalue weighted by Gasteiger charge is -2.26. The Morgan fingerprint density at radius 1 is 1.40 bits per heavy atom. The quantitative estimate of drug-likeness (QED) is 0.708. The number of anilines is 2. The highest BCUT2D eigenvalue weighted by atomic mass is 32.2. The van der Waals surface area contributed by atoms with Crippen LogP contribution in [0.3, 0.4) is 0 Å². The van der Waals surface area contributed by atoms with E-state index in [9.17, 15) is 0 Å². The van der Waals surface area contributed by atoms with Gasteiger partial charge in [-0.25, -0.2) is 4.68 Å². The van der Waals surface area contributed by atoms with Crippen molar-refractivity contribution in [2.24, 2.45) is 7.05 Å². The first-order valence-electron chi connectivity index (χ1n) is 6.44. The van der Waals surface area contributed by atoms with Gasteiger partial charge in [-0.1, -0.05) is 5.21 Å². The Kier molecular flexibility index (Phi) is 3.75. The van der Waals surface area contributed by atoms with E-state index in [0.29, 0.717) is 5.25 Å². The Labute approximate surface area is 121 Å². The molecule has 2 aromatic rings. The number of nitrogens with zero attached hydrogens (tertiary/aromatic N) is 4. The molecule has 0 amide bonds. The van der Waals surface area contributed by atoms with E-state index in [2.05, 4.69) is 30.7 Å². The summed E-state index contributed by atoms with van der Waals surface area (Å²) in [5, 5.41) is 15.1. The van der Waals surface area contributed by atoms with E-state index >= 15 is 0 Å². The van der Waals surface area contributed by atoms with E-state index in [-0.39, 0.29) is 0 Å². The van der Waals surface area contributed by atoms with Crippen molar-refractivity contribution in [2.75, 3.05) is 30.2 Å². The fourth-order valence-electron chi connectivity index (χ4n) is 1.90. The van der Waals surface area contributed by atoms with Crippen LogP contribution in [0, 0.1) is 0 Å². The number of aromatic nitrogens is 4. The molecule has 20 heavy (non-hydrogen) atoms. The standard InChI is InChI=1S/C12H17N7S/c1-13-12-11(16-18-19(12)2)10-4-3-8(5-15-10)17-20-9-6-14-7-9/h3-5,9,13-14,17H,6-7H2,1-2H3. The van der Waals surface area contributed by atoms with Gasteiger partial charge in [0.05, 0.1) is 17.6 Å². The summed E-state index contributed by atoms with van der Waals surface area (Å²) in [5.74, 6) is 0.855. The Balaban J connectivity index is 1.71. The molecule has 2 aromatic heterocycles. The molecule has 0 bridgehead atoms. The lowest BCUT2D eigenvalue weighted by Crippen LogP contribution is -2.45. The fraction of sp³-hybridized carbons (Fsp3) is 0.417. The predicted molar refractivity (Wildman–Crippen MR) is 81.7 cm³/mol. The minimum absolute atomic E-state index is 0.644. The highest BCUT2D eigenvalue weighted by molar-refractivity contribution is 8.01. The highest BCUT2D eigenvalue weighted by Gasteiger charge is 2.17. The summed E-state index contributed by atoms with van der Waals surface area (Å²) in [7, 11) is 3.70. The molecule has 106 valence electrons. The summed E-state index contributed by atoms with van der Waals surface area (Å²) >= 11 is 1.73. The largest absolute Gasteiger partial charge is 0.371 e. The van der Waals surface area contributed by atoms with Crippen molar-refractivity contribution in [3.8, 4) is 11.4 Å². The molecular weight excluding hydrogens is 274 g/mol. The zero-order valence-electron chi connectivity index (χ0n) is 11.4. The Hall–Kier alpha value is -1.80. The van der Waals surface area contributed by atoms with Crippen molar-refractivity contribution in [3.63, 3.8) is 0 Å². The van der Waals surface area contributed by atoms with Gasteiger partial charge in [-0.05, 0) is 24.1 Å². The maximum absolute atomic E-state index is 4.45. The molecule has 1 aliphatic rings. The van der Waals surface area contributed by atoms with Gasteiger partial charge in [0.1, 0.15) is 0 Å². The van der Waals surface area contributed by atoms with Gasteiger partial charge in [-0.15, -0.1) is 5.10 Å². The van der Waals surface area contributed by atoms with E-state index in [1.165, 1.54) is 0 Å². The number of aryl methyl sites for hydroxylation is 1. The molecule has 1 fully saturated rings. The maximum atomic E-state index is 4.45. The first-order chi connectivity index (χ1) is 9.78. The summed E-state index contributed by atoms with van der Waals surface area (Å²) in [5.41, 5.74) is 2.57. The summed E-state index contributed by atoms with van der Waals surface area (Å²) in [4.78, 5) is 4.45. The third kappa shape index (κ3) is 2.56. The third-order valence-corrected chi connectivity index (χ3v) is 4.18. The third-order valence-electron chi connectivity index (χ3n) is 3.16. The molecule has 3 rings (SSSR count). The zero-order valence-corrected chi connectivity index (χ0v) is 12.2.